The fraction of sp³-hybridized carbons (Fsp3) is 0.760. The van der Waals surface area contributed by atoms with Crippen molar-refractivity contribution in [2.45, 2.75) is 90.4 Å². The molecule has 1 atom stereocenters. The highest BCUT2D eigenvalue weighted by atomic mass is 19.1. The van der Waals surface area contributed by atoms with E-state index in [0.717, 1.165) is 36.0 Å². The highest BCUT2D eigenvalue weighted by Gasteiger charge is 2.30. The van der Waals surface area contributed by atoms with E-state index in [4.69, 9.17) is 0 Å². The van der Waals surface area contributed by atoms with Crippen molar-refractivity contribution in [1.82, 2.24) is 0 Å². The number of hydrogen-bond donors (Lipinski definition) is 0. The van der Waals surface area contributed by atoms with Crippen molar-refractivity contribution in [2.75, 3.05) is 0 Å². The lowest BCUT2D eigenvalue weighted by Crippen LogP contribution is -2.27. The lowest BCUT2D eigenvalue weighted by atomic mass is 9.69. The van der Waals surface area contributed by atoms with Crippen molar-refractivity contribution >= 4 is 0 Å². The SMILES string of the molecule is CC1CCC(CCC2CCC(C3CCc4cc(F)ccc4C3)CC2)CC1. The lowest BCUT2D eigenvalue weighted by molar-refractivity contribution is 0.173. The van der Waals surface area contributed by atoms with Crippen molar-refractivity contribution < 1.29 is 4.39 Å². The molecule has 0 nitrogen and oxygen atoms in total. The van der Waals surface area contributed by atoms with Crippen LogP contribution < -0.4 is 0 Å². The second-order valence-electron chi connectivity index (χ2n) is 9.90. The average molecular weight is 357 g/mol. The molecule has 0 spiro atoms. The summed E-state index contributed by atoms with van der Waals surface area (Å²) in [5.41, 5.74) is 2.70. The third kappa shape index (κ3) is 4.52. The molecule has 0 N–H and O–H groups in total. The van der Waals surface area contributed by atoms with E-state index in [2.05, 4.69) is 6.92 Å². The molecule has 0 radical (unpaired) electrons. The van der Waals surface area contributed by atoms with Gasteiger partial charge in [0.1, 0.15) is 5.82 Å². The molecule has 26 heavy (non-hydrogen) atoms. The number of rotatable bonds is 4. The molecule has 2 fully saturated rings. The van der Waals surface area contributed by atoms with Crippen LogP contribution in [0.15, 0.2) is 18.2 Å². The van der Waals surface area contributed by atoms with Gasteiger partial charge in [0.15, 0.2) is 0 Å². The van der Waals surface area contributed by atoms with Gasteiger partial charge in [0.25, 0.3) is 0 Å². The molecule has 1 aromatic rings. The standard InChI is InChI=1S/C25H37F/c1-18-2-4-19(5-3-18)6-7-20-8-10-21(11-9-20)22-12-13-24-17-25(26)15-14-23(24)16-22/h14-15,17-22H,2-13,16H2,1H3. The van der Waals surface area contributed by atoms with Crippen LogP contribution in [-0.4, -0.2) is 0 Å². The summed E-state index contributed by atoms with van der Waals surface area (Å²) in [6.45, 7) is 2.43. The highest BCUT2D eigenvalue weighted by molar-refractivity contribution is 5.30. The summed E-state index contributed by atoms with van der Waals surface area (Å²) in [6.07, 6.45) is 18.4. The molecule has 1 unspecified atom stereocenters. The first-order chi connectivity index (χ1) is 12.7. The summed E-state index contributed by atoms with van der Waals surface area (Å²) in [5.74, 6) is 4.76. The zero-order chi connectivity index (χ0) is 17.9. The first-order valence-corrected chi connectivity index (χ1v) is 11.4. The first-order valence-electron chi connectivity index (χ1n) is 11.4. The Kier molecular flexibility index (Phi) is 6.01. The molecule has 3 aliphatic carbocycles. The van der Waals surface area contributed by atoms with Crippen LogP contribution in [0.25, 0.3) is 0 Å². The molecule has 144 valence electrons. The predicted molar refractivity (Wildman–Crippen MR) is 108 cm³/mol. The van der Waals surface area contributed by atoms with Crippen molar-refractivity contribution in [3.8, 4) is 0 Å². The predicted octanol–water partition coefficient (Wildman–Crippen LogP) is 7.34. The van der Waals surface area contributed by atoms with E-state index < -0.39 is 0 Å². The minimum Gasteiger partial charge on any atom is -0.207 e. The topological polar surface area (TPSA) is 0 Å². The summed E-state index contributed by atoms with van der Waals surface area (Å²) >= 11 is 0. The second kappa shape index (κ2) is 8.44. The van der Waals surface area contributed by atoms with Crippen LogP contribution in [-0.2, 0) is 12.8 Å². The van der Waals surface area contributed by atoms with Gasteiger partial charge in [-0.2, -0.15) is 0 Å². The Morgan fingerprint density at radius 2 is 1.42 bits per heavy atom. The molecule has 1 aromatic carbocycles. The molecule has 0 heterocycles. The molecule has 1 heteroatoms. The summed E-state index contributed by atoms with van der Waals surface area (Å²) in [5, 5.41) is 0. The summed E-state index contributed by atoms with van der Waals surface area (Å²) in [4.78, 5) is 0. The Bertz CT molecular complexity index is 576. The fourth-order valence-electron chi connectivity index (χ4n) is 6.19. The Morgan fingerprint density at radius 1 is 0.769 bits per heavy atom. The number of aryl methyl sites for hydroxylation is 1. The third-order valence-electron chi connectivity index (χ3n) is 8.11. The number of hydrogen-bond acceptors (Lipinski definition) is 0. The molecule has 0 bridgehead atoms. The van der Waals surface area contributed by atoms with Crippen LogP contribution in [0.3, 0.4) is 0 Å². The Morgan fingerprint density at radius 3 is 2.12 bits per heavy atom. The van der Waals surface area contributed by atoms with Gasteiger partial charge in [0.2, 0.25) is 0 Å². The quantitative estimate of drug-likeness (QED) is 0.529. The van der Waals surface area contributed by atoms with Crippen LogP contribution in [0.5, 0.6) is 0 Å². The van der Waals surface area contributed by atoms with Crippen molar-refractivity contribution in [2.24, 2.45) is 29.6 Å². The molecule has 2 saturated carbocycles. The largest absolute Gasteiger partial charge is 0.207 e. The van der Waals surface area contributed by atoms with Gasteiger partial charge in [-0.15, -0.1) is 0 Å². The average Bonchev–Trinajstić information content (AvgIpc) is 2.67. The van der Waals surface area contributed by atoms with Gasteiger partial charge in [0.05, 0.1) is 0 Å². The van der Waals surface area contributed by atoms with Gasteiger partial charge in [-0.1, -0.05) is 64.4 Å². The van der Waals surface area contributed by atoms with Crippen LogP contribution in [0.1, 0.15) is 88.7 Å². The maximum absolute atomic E-state index is 13.4. The molecular weight excluding hydrogens is 319 g/mol. The van der Waals surface area contributed by atoms with Crippen LogP contribution in [0.2, 0.25) is 0 Å². The van der Waals surface area contributed by atoms with Crippen LogP contribution in [0, 0.1) is 35.4 Å². The molecular formula is C25H37F. The minimum atomic E-state index is -0.0601. The maximum Gasteiger partial charge on any atom is 0.123 e. The number of fused-ring (bicyclic) bond motifs is 1. The lowest BCUT2D eigenvalue weighted by Gasteiger charge is -2.37. The van der Waals surface area contributed by atoms with Gasteiger partial charge in [0, 0.05) is 0 Å². The van der Waals surface area contributed by atoms with Gasteiger partial charge in [-0.25, -0.2) is 4.39 Å². The molecule has 3 aliphatic rings. The van der Waals surface area contributed by atoms with Crippen molar-refractivity contribution in [3.63, 3.8) is 0 Å². The Balaban J connectivity index is 1.21. The molecule has 0 saturated heterocycles. The van der Waals surface area contributed by atoms with Gasteiger partial charge < -0.3 is 0 Å². The van der Waals surface area contributed by atoms with E-state index in [0.29, 0.717) is 0 Å². The third-order valence-corrected chi connectivity index (χ3v) is 8.11. The molecule has 4 rings (SSSR count). The van der Waals surface area contributed by atoms with E-state index in [-0.39, 0.29) is 5.82 Å². The van der Waals surface area contributed by atoms with Gasteiger partial charge in [-0.3, -0.25) is 0 Å². The second-order valence-corrected chi connectivity index (χ2v) is 9.90. The summed E-state index contributed by atoms with van der Waals surface area (Å²) < 4.78 is 13.4. The Hall–Kier alpha value is -0.850. The molecule has 0 aliphatic heterocycles. The zero-order valence-corrected chi connectivity index (χ0v) is 16.7. The van der Waals surface area contributed by atoms with E-state index >= 15 is 0 Å². The van der Waals surface area contributed by atoms with Gasteiger partial charge >= 0.3 is 0 Å². The fourth-order valence-corrected chi connectivity index (χ4v) is 6.19. The van der Waals surface area contributed by atoms with E-state index in [1.165, 1.54) is 88.2 Å². The van der Waals surface area contributed by atoms with E-state index in [9.17, 15) is 4.39 Å². The van der Waals surface area contributed by atoms with Crippen LogP contribution >= 0.6 is 0 Å². The van der Waals surface area contributed by atoms with Crippen molar-refractivity contribution in [1.29, 1.82) is 0 Å². The Labute approximate surface area is 160 Å². The van der Waals surface area contributed by atoms with E-state index in [1.54, 1.807) is 12.1 Å². The smallest absolute Gasteiger partial charge is 0.123 e. The zero-order valence-electron chi connectivity index (χ0n) is 16.7. The first kappa shape index (κ1) is 18.5. The summed E-state index contributed by atoms with van der Waals surface area (Å²) in [6, 6.07) is 5.48. The highest BCUT2D eigenvalue weighted by Crippen LogP contribution is 2.41. The van der Waals surface area contributed by atoms with Crippen LogP contribution in [0.4, 0.5) is 4.39 Å². The van der Waals surface area contributed by atoms with E-state index in [1.807, 2.05) is 6.07 Å². The van der Waals surface area contributed by atoms with Gasteiger partial charge in [-0.05, 0) is 85.0 Å². The normalized spacial score (nSPS) is 35.1. The number of halogens is 1. The summed E-state index contributed by atoms with van der Waals surface area (Å²) in [7, 11) is 0. The van der Waals surface area contributed by atoms with Crippen molar-refractivity contribution in [3.05, 3.63) is 35.1 Å². The minimum absolute atomic E-state index is 0.0601. The monoisotopic (exact) mass is 356 g/mol. The number of benzene rings is 1. The molecule has 0 aromatic heterocycles. The molecule has 0 amide bonds. The maximum atomic E-state index is 13.4.